The number of piperazine rings is 1. The van der Waals surface area contributed by atoms with E-state index in [2.05, 4.69) is 16.8 Å². The highest BCUT2D eigenvalue weighted by Crippen LogP contribution is 2.27. The number of carbonyl (C=O) groups excluding carboxylic acids is 1. The number of benzene rings is 1. The maximum absolute atomic E-state index is 12.6. The van der Waals surface area contributed by atoms with Crippen molar-refractivity contribution in [2.75, 3.05) is 32.7 Å². The summed E-state index contributed by atoms with van der Waals surface area (Å²) in [5, 5.41) is 10.6. The maximum atomic E-state index is 12.6. The summed E-state index contributed by atoms with van der Waals surface area (Å²) in [6.07, 6.45) is 0.0636. The lowest BCUT2D eigenvalue weighted by Gasteiger charge is -2.34. The average Bonchev–Trinajstić information content (AvgIpc) is 2.93. The highest BCUT2D eigenvalue weighted by atomic mass is 35.5. The highest BCUT2D eigenvalue weighted by molar-refractivity contribution is 6.31. The minimum absolute atomic E-state index is 0.0471. The first-order valence-electron chi connectivity index (χ1n) is 8.03. The third-order valence-corrected chi connectivity index (χ3v) is 4.82. The summed E-state index contributed by atoms with van der Waals surface area (Å²) in [6.45, 7) is 6.15. The van der Waals surface area contributed by atoms with Gasteiger partial charge in [0.2, 0.25) is 5.91 Å². The molecule has 6 nitrogen and oxygen atoms in total. The number of hydrogen-bond acceptors (Lipinski definition) is 3. The van der Waals surface area contributed by atoms with E-state index in [1.54, 1.807) is 23.1 Å². The summed E-state index contributed by atoms with van der Waals surface area (Å²) in [7, 11) is 0. The Hall–Kier alpha value is -2.05. The number of aromatic amines is 1. The number of carbonyl (C=O) groups is 2. The number of nitrogens with zero attached hydrogens (tertiary/aromatic N) is 2. The number of nitrogens with one attached hydrogen (secondary N) is 1. The summed E-state index contributed by atoms with van der Waals surface area (Å²) in [4.78, 5) is 31.1. The molecule has 0 saturated carbocycles. The van der Waals surface area contributed by atoms with E-state index < -0.39 is 5.97 Å². The lowest BCUT2D eigenvalue weighted by atomic mass is 10.1. The van der Waals surface area contributed by atoms with Crippen molar-refractivity contribution in [3.05, 3.63) is 34.5 Å². The average molecular weight is 350 g/mol. The molecule has 0 aliphatic carbocycles. The fourth-order valence-corrected chi connectivity index (χ4v) is 3.33. The standard InChI is InChI=1S/C17H20ClN3O3/c1-2-20-5-7-21(8-6-20)15(22)10-13-12-9-11(18)3-4-14(12)19-16(13)17(23)24/h3-4,9,19H,2,5-8,10H2,1H3,(H,23,24). The SMILES string of the molecule is CCN1CCN(C(=O)Cc2c(C(=O)O)[nH]c3ccc(Cl)cc23)CC1. The van der Waals surface area contributed by atoms with Crippen LogP contribution in [0.15, 0.2) is 18.2 Å². The molecule has 1 aliphatic rings. The molecule has 128 valence electrons. The molecule has 2 heterocycles. The normalized spacial score (nSPS) is 15.8. The Labute approximate surface area is 145 Å². The third-order valence-electron chi connectivity index (χ3n) is 4.58. The van der Waals surface area contributed by atoms with Crippen LogP contribution >= 0.6 is 11.6 Å². The van der Waals surface area contributed by atoms with Crippen molar-refractivity contribution in [1.29, 1.82) is 0 Å². The summed E-state index contributed by atoms with van der Waals surface area (Å²) in [6, 6.07) is 5.14. The van der Waals surface area contributed by atoms with Gasteiger partial charge in [0.25, 0.3) is 0 Å². The number of likely N-dealkylation sites (N-methyl/N-ethyl adjacent to an activating group) is 1. The zero-order valence-corrected chi connectivity index (χ0v) is 14.3. The number of fused-ring (bicyclic) bond motifs is 1. The molecule has 24 heavy (non-hydrogen) atoms. The molecule has 0 radical (unpaired) electrons. The second-order valence-electron chi connectivity index (χ2n) is 5.97. The summed E-state index contributed by atoms with van der Waals surface area (Å²) >= 11 is 6.03. The fraction of sp³-hybridized carbons (Fsp3) is 0.412. The van der Waals surface area contributed by atoms with E-state index in [1.807, 2.05) is 0 Å². The molecule has 0 spiro atoms. The molecule has 1 aromatic heterocycles. The Balaban J connectivity index is 1.86. The van der Waals surface area contributed by atoms with Gasteiger partial charge in [0, 0.05) is 47.7 Å². The Morgan fingerprint density at radius 3 is 2.58 bits per heavy atom. The quantitative estimate of drug-likeness (QED) is 0.887. The molecule has 0 unspecified atom stereocenters. The smallest absolute Gasteiger partial charge is 0.352 e. The van der Waals surface area contributed by atoms with E-state index in [0.29, 0.717) is 34.6 Å². The molecule has 1 amide bonds. The van der Waals surface area contributed by atoms with Crippen LogP contribution in [0.3, 0.4) is 0 Å². The van der Waals surface area contributed by atoms with Gasteiger partial charge in [-0.2, -0.15) is 0 Å². The third kappa shape index (κ3) is 3.25. The van der Waals surface area contributed by atoms with Gasteiger partial charge >= 0.3 is 5.97 Å². The van der Waals surface area contributed by atoms with Crippen molar-refractivity contribution in [2.45, 2.75) is 13.3 Å². The first-order chi connectivity index (χ1) is 11.5. The number of amides is 1. The Bertz CT molecular complexity index is 779. The van der Waals surface area contributed by atoms with Crippen molar-refractivity contribution >= 4 is 34.4 Å². The predicted molar refractivity (Wildman–Crippen MR) is 92.7 cm³/mol. The molecular formula is C17H20ClN3O3. The molecule has 0 atom stereocenters. The van der Waals surface area contributed by atoms with Crippen molar-refractivity contribution in [3.63, 3.8) is 0 Å². The van der Waals surface area contributed by atoms with Crippen LogP contribution in [0.5, 0.6) is 0 Å². The number of carboxylic acid groups (broad SMARTS) is 1. The molecule has 1 aromatic carbocycles. The van der Waals surface area contributed by atoms with E-state index in [4.69, 9.17) is 11.6 Å². The summed E-state index contributed by atoms with van der Waals surface area (Å²) in [5.74, 6) is -1.12. The zero-order chi connectivity index (χ0) is 17.3. The van der Waals surface area contributed by atoms with Gasteiger partial charge in [0.15, 0.2) is 0 Å². The predicted octanol–water partition coefficient (Wildman–Crippen LogP) is 2.23. The number of halogens is 1. The van der Waals surface area contributed by atoms with Gasteiger partial charge in [0.05, 0.1) is 6.42 Å². The van der Waals surface area contributed by atoms with E-state index >= 15 is 0 Å². The van der Waals surface area contributed by atoms with Gasteiger partial charge in [-0.25, -0.2) is 4.79 Å². The molecule has 1 saturated heterocycles. The number of aromatic nitrogens is 1. The topological polar surface area (TPSA) is 76.6 Å². The highest BCUT2D eigenvalue weighted by Gasteiger charge is 2.24. The molecular weight excluding hydrogens is 330 g/mol. The second-order valence-corrected chi connectivity index (χ2v) is 6.40. The zero-order valence-electron chi connectivity index (χ0n) is 13.5. The summed E-state index contributed by atoms with van der Waals surface area (Å²) in [5.41, 5.74) is 1.24. The van der Waals surface area contributed by atoms with Crippen LogP contribution in [0.4, 0.5) is 0 Å². The largest absolute Gasteiger partial charge is 0.477 e. The van der Waals surface area contributed by atoms with E-state index in [0.717, 1.165) is 19.6 Å². The van der Waals surface area contributed by atoms with Gasteiger partial charge in [-0.15, -0.1) is 0 Å². The van der Waals surface area contributed by atoms with Crippen LogP contribution in [-0.4, -0.2) is 64.5 Å². The van der Waals surface area contributed by atoms with Crippen molar-refractivity contribution in [1.82, 2.24) is 14.8 Å². The molecule has 2 N–H and O–H groups in total. The minimum Gasteiger partial charge on any atom is -0.477 e. The first-order valence-corrected chi connectivity index (χ1v) is 8.41. The van der Waals surface area contributed by atoms with Gasteiger partial charge in [-0.05, 0) is 24.7 Å². The van der Waals surface area contributed by atoms with Crippen LogP contribution < -0.4 is 0 Å². The fourth-order valence-electron chi connectivity index (χ4n) is 3.16. The van der Waals surface area contributed by atoms with Crippen LogP contribution in [0.2, 0.25) is 5.02 Å². The van der Waals surface area contributed by atoms with Crippen LogP contribution in [0.25, 0.3) is 10.9 Å². The number of rotatable bonds is 4. The Morgan fingerprint density at radius 1 is 1.25 bits per heavy atom. The van der Waals surface area contributed by atoms with Gasteiger partial charge in [0.1, 0.15) is 5.69 Å². The van der Waals surface area contributed by atoms with Crippen LogP contribution in [0.1, 0.15) is 23.0 Å². The monoisotopic (exact) mass is 349 g/mol. The van der Waals surface area contributed by atoms with Gasteiger partial charge in [-0.1, -0.05) is 18.5 Å². The molecule has 3 rings (SSSR count). The molecule has 0 bridgehead atoms. The maximum Gasteiger partial charge on any atom is 0.352 e. The lowest BCUT2D eigenvalue weighted by molar-refractivity contribution is -0.132. The molecule has 2 aromatic rings. The van der Waals surface area contributed by atoms with Crippen molar-refractivity contribution in [3.8, 4) is 0 Å². The van der Waals surface area contributed by atoms with Gasteiger partial charge in [-0.3, -0.25) is 4.79 Å². The summed E-state index contributed by atoms with van der Waals surface area (Å²) < 4.78 is 0. The van der Waals surface area contributed by atoms with Gasteiger partial charge < -0.3 is 19.9 Å². The van der Waals surface area contributed by atoms with Crippen LogP contribution in [0, 0.1) is 0 Å². The lowest BCUT2D eigenvalue weighted by Crippen LogP contribution is -2.48. The van der Waals surface area contributed by atoms with E-state index in [-0.39, 0.29) is 18.0 Å². The Kier molecular flexibility index (Phi) is 4.78. The van der Waals surface area contributed by atoms with E-state index in [9.17, 15) is 14.7 Å². The van der Waals surface area contributed by atoms with Crippen molar-refractivity contribution in [2.24, 2.45) is 0 Å². The Morgan fingerprint density at radius 2 is 1.96 bits per heavy atom. The second kappa shape index (κ2) is 6.83. The van der Waals surface area contributed by atoms with Crippen molar-refractivity contribution < 1.29 is 14.7 Å². The molecule has 1 aliphatic heterocycles. The number of carboxylic acids is 1. The van der Waals surface area contributed by atoms with E-state index in [1.165, 1.54) is 0 Å². The number of aromatic carboxylic acids is 1. The molecule has 1 fully saturated rings. The number of H-pyrrole nitrogens is 1. The molecule has 7 heteroatoms. The minimum atomic E-state index is -1.07. The first kappa shape index (κ1) is 16.8. The number of hydrogen-bond donors (Lipinski definition) is 2. The van der Waals surface area contributed by atoms with Crippen LogP contribution in [-0.2, 0) is 11.2 Å².